The number of ether oxygens (including phenoxy) is 1. The van der Waals surface area contributed by atoms with Gasteiger partial charge in [-0.25, -0.2) is 4.79 Å². The maximum Gasteiger partial charge on any atom is 0.337 e. The SMILES string of the molecule is COC(=O)CCc1cccc(Br)c1C(O)C(=O)O. The lowest BCUT2D eigenvalue weighted by Crippen LogP contribution is -2.14. The predicted molar refractivity (Wildman–Crippen MR) is 67.1 cm³/mol. The van der Waals surface area contributed by atoms with Crippen molar-refractivity contribution in [1.29, 1.82) is 0 Å². The summed E-state index contributed by atoms with van der Waals surface area (Å²) in [7, 11) is 1.29. The van der Waals surface area contributed by atoms with Crippen molar-refractivity contribution in [3.05, 3.63) is 33.8 Å². The molecule has 5 nitrogen and oxygen atoms in total. The Morgan fingerprint density at radius 3 is 2.67 bits per heavy atom. The van der Waals surface area contributed by atoms with Crippen LogP contribution >= 0.6 is 15.9 Å². The van der Waals surface area contributed by atoms with Gasteiger partial charge in [0, 0.05) is 16.5 Å². The number of hydrogen-bond acceptors (Lipinski definition) is 4. The Labute approximate surface area is 113 Å². The summed E-state index contributed by atoms with van der Waals surface area (Å²) >= 11 is 3.20. The molecule has 1 atom stereocenters. The minimum absolute atomic E-state index is 0.131. The van der Waals surface area contributed by atoms with E-state index in [4.69, 9.17) is 5.11 Å². The van der Waals surface area contributed by atoms with Crippen LogP contribution in [0.3, 0.4) is 0 Å². The van der Waals surface area contributed by atoms with Gasteiger partial charge in [-0.2, -0.15) is 0 Å². The Bertz CT molecular complexity index is 458. The van der Waals surface area contributed by atoms with Crippen LogP contribution in [0.4, 0.5) is 0 Å². The molecular formula is C12H13BrO5. The van der Waals surface area contributed by atoms with E-state index >= 15 is 0 Å². The molecule has 0 bridgehead atoms. The lowest BCUT2D eigenvalue weighted by Gasteiger charge is -2.14. The fraction of sp³-hybridized carbons (Fsp3) is 0.333. The number of hydrogen-bond donors (Lipinski definition) is 2. The first kappa shape index (κ1) is 14.7. The molecule has 0 aliphatic carbocycles. The van der Waals surface area contributed by atoms with Crippen LogP contribution in [0.25, 0.3) is 0 Å². The first-order valence-corrected chi connectivity index (χ1v) is 6.01. The van der Waals surface area contributed by atoms with Crippen molar-refractivity contribution in [3.8, 4) is 0 Å². The van der Waals surface area contributed by atoms with E-state index in [1.54, 1.807) is 18.2 Å². The summed E-state index contributed by atoms with van der Waals surface area (Å²) in [6.45, 7) is 0. The molecule has 0 fully saturated rings. The van der Waals surface area contributed by atoms with Crippen molar-refractivity contribution < 1.29 is 24.5 Å². The van der Waals surface area contributed by atoms with Gasteiger partial charge in [-0.3, -0.25) is 4.79 Å². The van der Waals surface area contributed by atoms with Crippen LogP contribution in [0.15, 0.2) is 22.7 Å². The van der Waals surface area contributed by atoms with Gasteiger partial charge in [-0.05, 0) is 18.1 Å². The molecule has 1 rings (SSSR count). The molecule has 0 radical (unpaired) electrons. The average molecular weight is 317 g/mol. The fourth-order valence-electron chi connectivity index (χ4n) is 1.57. The number of carboxylic acids is 1. The molecule has 98 valence electrons. The molecule has 6 heteroatoms. The van der Waals surface area contributed by atoms with Crippen molar-refractivity contribution in [2.45, 2.75) is 18.9 Å². The minimum Gasteiger partial charge on any atom is -0.479 e. The lowest BCUT2D eigenvalue weighted by atomic mass is 9.98. The summed E-state index contributed by atoms with van der Waals surface area (Å²) in [5, 5.41) is 18.5. The summed E-state index contributed by atoms with van der Waals surface area (Å²) in [5.41, 5.74) is 0.874. The molecule has 1 aromatic carbocycles. The molecule has 0 amide bonds. The molecule has 0 heterocycles. The molecule has 0 aliphatic heterocycles. The largest absolute Gasteiger partial charge is 0.479 e. The van der Waals surface area contributed by atoms with Crippen molar-refractivity contribution in [2.24, 2.45) is 0 Å². The zero-order valence-electron chi connectivity index (χ0n) is 9.72. The Morgan fingerprint density at radius 2 is 2.11 bits per heavy atom. The first-order valence-electron chi connectivity index (χ1n) is 5.22. The monoisotopic (exact) mass is 316 g/mol. The molecule has 0 spiro atoms. The summed E-state index contributed by atoms with van der Waals surface area (Å²) < 4.78 is 5.02. The topological polar surface area (TPSA) is 83.8 Å². The molecule has 0 saturated heterocycles. The normalized spacial score (nSPS) is 11.9. The average Bonchev–Trinajstić information content (AvgIpc) is 2.35. The van der Waals surface area contributed by atoms with Crippen LogP contribution in [0, 0.1) is 0 Å². The number of aliphatic hydroxyl groups excluding tert-OH is 1. The number of benzene rings is 1. The van der Waals surface area contributed by atoms with E-state index in [0.29, 0.717) is 16.5 Å². The van der Waals surface area contributed by atoms with Gasteiger partial charge in [0.05, 0.1) is 7.11 Å². The van der Waals surface area contributed by atoms with Crippen LogP contribution < -0.4 is 0 Å². The minimum atomic E-state index is -1.62. The van der Waals surface area contributed by atoms with Crippen molar-refractivity contribution in [3.63, 3.8) is 0 Å². The van der Waals surface area contributed by atoms with E-state index in [2.05, 4.69) is 20.7 Å². The third-order valence-corrected chi connectivity index (χ3v) is 3.17. The summed E-state index contributed by atoms with van der Waals surface area (Å²) in [5.74, 6) is -1.72. The summed E-state index contributed by atoms with van der Waals surface area (Å²) in [4.78, 5) is 21.9. The van der Waals surface area contributed by atoms with Crippen molar-refractivity contribution in [2.75, 3.05) is 7.11 Å². The highest BCUT2D eigenvalue weighted by molar-refractivity contribution is 9.10. The highest BCUT2D eigenvalue weighted by Gasteiger charge is 2.22. The van der Waals surface area contributed by atoms with Crippen LogP contribution in [-0.4, -0.2) is 29.3 Å². The van der Waals surface area contributed by atoms with E-state index in [1.165, 1.54) is 7.11 Å². The Kier molecular flexibility index (Phi) is 5.30. The van der Waals surface area contributed by atoms with Gasteiger partial charge >= 0.3 is 11.9 Å². The van der Waals surface area contributed by atoms with E-state index in [1.807, 2.05) is 0 Å². The lowest BCUT2D eigenvalue weighted by molar-refractivity contribution is -0.147. The number of carbonyl (C=O) groups excluding carboxylic acids is 1. The van der Waals surface area contributed by atoms with Crippen LogP contribution in [0.5, 0.6) is 0 Å². The number of rotatable bonds is 5. The van der Waals surface area contributed by atoms with Crippen LogP contribution in [0.2, 0.25) is 0 Å². The van der Waals surface area contributed by atoms with Gasteiger partial charge in [0.25, 0.3) is 0 Å². The molecule has 1 unspecified atom stereocenters. The van der Waals surface area contributed by atoms with E-state index < -0.39 is 12.1 Å². The smallest absolute Gasteiger partial charge is 0.337 e. The Hall–Kier alpha value is -1.40. The number of carboxylic acid groups (broad SMARTS) is 1. The van der Waals surface area contributed by atoms with E-state index in [-0.39, 0.29) is 18.0 Å². The maximum absolute atomic E-state index is 11.1. The second-order valence-electron chi connectivity index (χ2n) is 3.63. The summed E-state index contributed by atoms with van der Waals surface area (Å²) in [6.07, 6.45) is -1.17. The number of aliphatic hydroxyl groups is 1. The molecule has 0 saturated carbocycles. The number of methoxy groups -OCH3 is 1. The Balaban J connectivity index is 3.00. The predicted octanol–water partition coefficient (Wildman–Crippen LogP) is 1.67. The van der Waals surface area contributed by atoms with Crippen LogP contribution in [0.1, 0.15) is 23.7 Å². The number of esters is 1. The van der Waals surface area contributed by atoms with Gasteiger partial charge in [0.1, 0.15) is 0 Å². The second kappa shape index (κ2) is 6.51. The number of halogens is 1. The van der Waals surface area contributed by atoms with Gasteiger partial charge in [-0.15, -0.1) is 0 Å². The second-order valence-corrected chi connectivity index (χ2v) is 4.48. The molecular weight excluding hydrogens is 304 g/mol. The van der Waals surface area contributed by atoms with Crippen molar-refractivity contribution >= 4 is 27.9 Å². The zero-order chi connectivity index (χ0) is 13.7. The number of aryl methyl sites for hydroxylation is 1. The Morgan fingerprint density at radius 1 is 1.44 bits per heavy atom. The van der Waals surface area contributed by atoms with Gasteiger partial charge < -0.3 is 14.9 Å². The maximum atomic E-state index is 11.1. The van der Waals surface area contributed by atoms with Crippen LogP contribution in [-0.2, 0) is 20.7 Å². The first-order chi connectivity index (χ1) is 8.47. The van der Waals surface area contributed by atoms with Gasteiger partial charge in [-0.1, -0.05) is 28.1 Å². The third-order valence-electron chi connectivity index (χ3n) is 2.48. The zero-order valence-corrected chi connectivity index (χ0v) is 11.3. The molecule has 0 aliphatic rings. The highest BCUT2D eigenvalue weighted by Crippen LogP contribution is 2.28. The highest BCUT2D eigenvalue weighted by atomic mass is 79.9. The van der Waals surface area contributed by atoms with Crippen molar-refractivity contribution in [1.82, 2.24) is 0 Å². The summed E-state index contributed by atoms with van der Waals surface area (Å²) in [6, 6.07) is 5.03. The quantitative estimate of drug-likeness (QED) is 0.807. The van der Waals surface area contributed by atoms with E-state index in [0.717, 1.165) is 0 Å². The molecule has 1 aromatic rings. The molecule has 2 N–H and O–H groups in total. The fourth-order valence-corrected chi connectivity index (χ4v) is 2.19. The van der Waals surface area contributed by atoms with Gasteiger partial charge in [0.2, 0.25) is 0 Å². The third kappa shape index (κ3) is 3.54. The molecule has 18 heavy (non-hydrogen) atoms. The molecule has 0 aromatic heterocycles. The standard InChI is InChI=1S/C12H13BrO5/c1-18-9(14)6-5-7-3-2-4-8(13)10(7)11(15)12(16)17/h2-4,11,15H,5-6H2,1H3,(H,16,17). The van der Waals surface area contributed by atoms with Gasteiger partial charge in [0.15, 0.2) is 6.10 Å². The number of carbonyl (C=O) groups is 2. The van der Waals surface area contributed by atoms with E-state index in [9.17, 15) is 14.7 Å². The number of aliphatic carboxylic acids is 1.